The highest BCUT2D eigenvalue weighted by atomic mass is 19.1. The summed E-state index contributed by atoms with van der Waals surface area (Å²) in [5.74, 6) is 0.0471. The third-order valence-corrected chi connectivity index (χ3v) is 4.60. The number of piperidine rings is 1. The van der Waals surface area contributed by atoms with E-state index in [9.17, 15) is 4.79 Å². The zero-order valence-electron chi connectivity index (χ0n) is 14.6. The highest BCUT2D eigenvalue weighted by molar-refractivity contribution is 5.78. The molecular formula is C19H18FN5O2. The summed E-state index contributed by atoms with van der Waals surface area (Å²) in [6.07, 6.45) is 7.46. The van der Waals surface area contributed by atoms with Gasteiger partial charge in [0.05, 0.1) is 13.0 Å². The fourth-order valence-corrected chi connectivity index (χ4v) is 3.21. The van der Waals surface area contributed by atoms with Crippen LogP contribution in [0.2, 0.25) is 0 Å². The summed E-state index contributed by atoms with van der Waals surface area (Å²) < 4.78 is 20.8. The van der Waals surface area contributed by atoms with Gasteiger partial charge in [0.15, 0.2) is 0 Å². The molecule has 3 aromatic heterocycles. The smallest absolute Gasteiger partial charge is 0.266 e. The van der Waals surface area contributed by atoms with Gasteiger partial charge in [-0.05, 0) is 36.6 Å². The number of carbonyl (C=O) groups is 1. The second-order valence-corrected chi connectivity index (χ2v) is 6.59. The van der Waals surface area contributed by atoms with Gasteiger partial charge in [-0.1, -0.05) is 11.2 Å². The van der Waals surface area contributed by atoms with Crippen molar-refractivity contribution >= 4 is 5.91 Å². The van der Waals surface area contributed by atoms with Gasteiger partial charge in [0.2, 0.25) is 17.4 Å². The van der Waals surface area contributed by atoms with Crippen molar-refractivity contribution in [3.8, 4) is 11.4 Å². The summed E-state index contributed by atoms with van der Waals surface area (Å²) in [5.41, 5.74) is -0.401. The molecule has 1 aliphatic rings. The van der Waals surface area contributed by atoms with E-state index < -0.39 is 5.67 Å². The number of carbonyl (C=O) groups excluding carboxylic acids is 1. The van der Waals surface area contributed by atoms with E-state index in [1.165, 1.54) is 4.90 Å². The van der Waals surface area contributed by atoms with Crippen LogP contribution in [-0.2, 0) is 16.9 Å². The molecule has 138 valence electrons. The Labute approximate surface area is 155 Å². The Hall–Kier alpha value is -3.16. The van der Waals surface area contributed by atoms with Crippen LogP contribution in [0.1, 0.15) is 24.3 Å². The van der Waals surface area contributed by atoms with Crippen molar-refractivity contribution in [2.75, 3.05) is 13.1 Å². The lowest BCUT2D eigenvalue weighted by Crippen LogP contribution is -2.47. The number of halogens is 1. The Kier molecular flexibility index (Phi) is 4.62. The van der Waals surface area contributed by atoms with Gasteiger partial charge in [0.1, 0.15) is 0 Å². The predicted molar refractivity (Wildman–Crippen MR) is 94.1 cm³/mol. The number of amides is 1. The normalized spacial score (nSPS) is 19.8. The molecule has 4 heterocycles. The first kappa shape index (κ1) is 17.3. The number of pyridine rings is 2. The molecule has 4 rings (SSSR count). The van der Waals surface area contributed by atoms with E-state index in [0.717, 1.165) is 5.56 Å². The highest BCUT2D eigenvalue weighted by Gasteiger charge is 2.43. The molecule has 1 aliphatic heterocycles. The number of alkyl halides is 1. The van der Waals surface area contributed by atoms with Crippen LogP contribution in [0.5, 0.6) is 0 Å². The molecule has 0 bridgehead atoms. The molecule has 0 aromatic carbocycles. The first-order valence-electron chi connectivity index (χ1n) is 8.74. The SMILES string of the molecule is O=C(Cc1cccnc1)N1CCCC(F)(c2nc(-c3cccnc3)no2)C1. The van der Waals surface area contributed by atoms with Crippen molar-refractivity contribution in [2.24, 2.45) is 0 Å². The molecule has 1 amide bonds. The maximum Gasteiger partial charge on any atom is 0.266 e. The standard InChI is InChI=1S/C19H18FN5O2/c20-19(18-23-17(24-27-18)15-5-2-8-22-12-15)6-3-9-25(13-19)16(26)10-14-4-1-7-21-11-14/h1-2,4-5,7-8,11-12H,3,6,9-10,13H2. The Morgan fingerprint density at radius 2 is 2.04 bits per heavy atom. The summed E-state index contributed by atoms with van der Waals surface area (Å²) in [4.78, 5) is 26.3. The molecule has 1 fully saturated rings. The lowest BCUT2D eigenvalue weighted by Gasteiger charge is -2.35. The minimum Gasteiger partial charge on any atom is -0.339 e. The first-order valence-corrected chi connectivity index (χ1v) is 8.74. The van der Waals surface area contributed by atoms with Crippen molar-refractivity contribution in [1.82, 2.24) is 25.0 Å². The van der Waals surface area contributed by atoms with Gasteiger partial charge in [0, 0.05) is 36.9 Å². The summed E-state index contributed by atoms with van der Waals surface area (Å²) >= 11 is 0. The van der Waals surface area contributed by atoms with Gasteiger partial charge in [-0.3, -0.25) is 14.8 Å². The fourth-order valence-electron chi connectivity index (χ4n) is 3.21. The molecule has 3 aromatic rings. The molecular weight excluding hydrogens is 349 g/mol. The zero-order chi connectivity index (χ0) is 18.7. The Morgan fingerprint density at radius 1 is 1.22 bits per heavy atom. The van der Waals surface area contributed by atoms with Crippen molar-refractivity contribution in [3.05, 3.63) is 60.5 Å². The second-order valence-electron chi connectivity index (χ2n) is 6.59. The highest BCUT2D eigenvalue weighted by Crippen LogP contribution is 2.35. The van der Waals surface area contributed by atoms with Gasteiger partial charge in [-0.25, -0.2) is 4.39 Å². The average molecular weight is 367 g/mol. The molecule has 27 heavy (non-hydrogen) atoms. The fraction of sp³-hybridized carbons (Fsp3) is 0.316. The molecule has 1 unspecified atom stereocenters. The quantitative estimate of drug-likeness (QED) is 0.705. The Balaban J connectivity index is 1.50. The maximum absolute atomic E-state index is 15.6. The lowest BCUT2D eigenvalue weighted by molar-refractivity contribution is -0.135. The number of hydrogen-bond acceptors (Lipinski definition) is 6. The van der Waals surface area contributed by atoms with Crippen molar-refractivity contribution in [2.45, 2.75) is 24.9 Å². The van der Waals surface area contributed by atoms with E-state index in [-0.39, 0.29) is 37.0 Å². The Bertz CT molecular complexity index is 918. The van der Waals surface area contributed by atoms with Crippen molar-refractivity contribution in [3.63, 3.8) is 0 Å². The number of nitrogens with zero attached hydrogens (tertiary/aromatic N) is 5. The van der Waals surface area contributed by atoms with Gasteiger partial charge < -0.3 is 9.42 Å². The molecule has 1 atom stereocenters. The van der Waals surface area contributed by atoms with E-state index in [1.54, 1.807) is 43.0 Å². The monoisotopic (exact) mass is 367 g/mol. The van der Waals surface area contributed by atoms with E-state index >= 15 is 4.39 Å². The van der Waals surface area contributed by atoms with Crippen LogP contribution < -0.4 is 0 Å². The van der Waals surface area contributed by atoms with Crippen LogP contribution in [0.3, 0.4) is 0 Å². The predicted octanol–water partition coefficient (Wildman–Crippen LogP) is 2.56. The topological polar surface area (TPSA) is 85.0 Å². The summed E-state index contributed by atoms with van der Waals surface area (Å²) in [7, 11) is 0. The van der Waals surface area contributed by atoms with Crippen LogP contribution in [0.15, 0.2) is 53.6 Å². The first-order chi connectivity index (χ1) is 13.1. The molecule has 0 spiro atoms. The number of rotatable bonds is 4. The van der Waals surface area contributed by atoms with E-state index in [1.807, 2.05) is 6.07 Å². The van der Waals surface area contributed by atoms with Crippen LogP contribution >= 0.6 is 0 Å². The second kappa shape index (κ2) is 7.22. The molecule has 0 radical (unpaired) electrons. The minimum absolute atomic E-state index is 0.0965. The maximum atomic E-state index is 15.6. The van der Waals surface area contributed by atoms with Gasteiger partial charge in [0.25, 0.3) is 5.89 Å². The van der Waals surface area contributed by atoms with Crippen LogP contribution in [0.4, 0.5) is 4.39 Å². The van der Waals surface area contributed by atoms with Gasteiger partial charge in [-0.15, -0.1) is 0 Å². The minimum atomic E-state index is -1.85. The molecule has 1 saturated heterocycles. The summed E-state index contributed by atoms with van der Waals surface area (Å²) in [6, 6.07) is 7.12. The zero-order valence-corrected chi connectivity index (χ0v) is 14.6. The molecule has 8 heteroatoms. The largest absolute Gasteiger partial charge is 0.339 e. The molecule has 0 N–H and O–H groups in total. The summed E-state index contributed by atoms with van der Waals surface area (Å²) in [6.45, 7) is 0.412. The average Bonchev–Trinajstić information content (AvgIpc) is 3.21. The third kappa shape index (κ3) is 3.69. The van der Waals surface area contributed by atoms with Crippen LogP contribution in [-0.4, -0.2) is 44.0 Å². The summed E-state index contributed by atoms with van der Waals surface area (Å²) in [5, 5.41) is 3.87. The molecule has 0 saturated carbocycles. The third-order valence-electron chi connectivity index (χ3n) is 4.60. The number of aromatic nitrogens is 4. The lowest BCUT2D eigenvalue weighted by atomic mass is 9.94. The Morgan fingerprint density at radius 3 is 2.78 bits per heavy atom. The van der Waals surface area contributed by atoms with E-state index in [2.05, 4.69) is 20.1 Å². The molecule has 0 aliphatic carbocycles. The van der Waals surface area contributed by atoms with E-state index in [0.29, 0.717) is 18.5 Å². The van der Waals surface area contributed by atoms with Crippen LogP contribution in [0, 0.1) is 0 Å². The van der Waals surface area contributed by atoms with Gasteiger partial charge in [-0.2, -0.15) is 4.98 Å². The number of likely N-dealkylation sites (tertiary alicyclic amines) is 1. The molecule has 7 nitrogen and oxygen atoms in total. The van der Waals surface area contributed by atoms with Gasteiger partial charge >= 0.3 is 0 Å². The van der Waals surface area contributed by atoms with Crippen molar-refractivity contribution in [1.29, 1.82) is 0 Å². The van der Waals surface area contributed by atoms with Crippen LogP contribution in [0.25, 0.3) is 11.4 Å². The van der Waals surface area contributed by atoms with Crippen molar-refractivity contribution < 1.29 is 13.7 Å². The number of hydrogen-bond donors (Lipinski definition) is 0. The van der Waals surface area contributed by atoms with E-state index in [4.69, 9.17) is 4.52 Å².